The molecule has 2 heterocycles. The van der Waals surface area contributed by atoms with E-state index in [1.165, 1.54) is 66.1 Å². The van der Waals surface area contributed by atoms with Gasteiger partial charge in [-0.15, -0.1) is 0 Å². The molecular weight excluding hydrogens is 609 g/mol. The molecule has 0 N–H and O–H groups in total. The Morgan fingerprint density at radius 3 is 1.84 bits per heavy atom. The third-order valence-corrected chi connectivity index (χ3v) is 11.0. The summed E-state index contributed by atoms with van der Waals surface area (Å²) in [7, 11) is 0. The molecule has 2 aliphatic rings. The lowest BCUT2D eigenvalue weighted by molar-refractivity contribution is 0.660. The van der Waals surface area contributed by atoms with Gasteiger partial charge in [0.1, 0.15) is 0 Å². The largest absolute Gasteiger partial charge is 0.278 e. The highest BCUT2D eigenvalue weighted by atomic mass is 15.2. The number of aromatic nitrogens is 4. The Morgan fingerprint density at radius 2 is 1.04 bits per heavy atom. The van der Waals surface area contributed by atoms with Crippen molar-refractivity contribution >= 4 is 32.6 Å². The zero-order valence-corrected chi connectivity index (χ0v) is 27.6. The van der Waals surface area contributed by atoms with Crippen molar-refractivity contribution in [1.82, 2.24) is 19.5 Å². The molecule has 0 radical (unpaired) electrons. The van der Waals surface area contributed by atoms with E-state index in [4.69, 9.17) is 15.0 Å². The van der Waals surface area contributed by atoms with Gasteiger partial charge in [-0.3, -0.25) is 4.57 Å². The number of fused-ring (bicyclic) bond motifs is 6. The second-order valence-corrected chi connectivity index (χ2v) is 14.0. The minimum absolute atomic E-state index is 0.133. The molecule has 0 aliphatic heterocycles. The Morgan fingerprint density at radius 1 is 0.420 bits per heavy atom. The molecule has 11 rings (SSSR count). The summed E-state index contributed by atoms with van der Waals surface area (Å²) >= 11 is 0. The third kappa shape index (κ3) is 3.62. The first-order valence-electron chi connectivity index (χ1n) is 17.2. The first kappa shape index (κ1) is 27.5. The normalized spacial score (nSPS) is 13.6. The SMILES string of the molecule is CC1(C)c2ccccc2-c2ccc(-c3nc(-c4ccccc4)nc(-n4c5cccc6c5c5c7c(cccc7ccc54)-c4ccccc4-6)n3)cc21. The Hall–Kier alpha value is -6.39. The molecule has 2 aliphatic carbocycles. The van der Waals surface area contributed by atoms with E-state index in [2.05, 4.69) is 146 Å². The van der Waals surface area contributed by atoms with Gasteiger partial charge in [0.25, 0.3) is 0 Å². The van der Waals surface area contributed by atoms with Gasteiger partial charge in [0.15, 0.2) is 11.6 Å². The van der Waals surface area contributed by atoms with Gasteiger partial charge in [-0.25, -0.2) is 4.98 Å². The third-order valence-electron chi connectivity index (χ3n) is 11.0. The van der Waals surface area contributed by atoms with Crippen LogP contribution in [0.5, 0.6) is 0 Å². The molecule has 2 aromatic heterocycles. The van der Waals surface area contributed by atoms with Crippen molar-refractivity contribution in [3.05, 3.63) is 157 Å². The zero-order chi connectivity index (χ0) is 33.1. The summed E-state index contributed by atoms with van der Waals surface area (Å²) in [6, 6.07) is 52.3. The highest BCUT2D eigenvalue weighted by Crippen LogP contribution is 2.51. The van der Waals surface area contributed by atoms with Crippen LogP contribution in [0.4, 0.5) is 0 Å². The minimum Gasteiger partial charge on any atom is -0.278 e. The van der Waals surface area contributed by atoms with Crippen molar-refractivity contribution in [2.45, 2.75) is 19.3 Å². The van der Waals surface area contributed by atoms with Crippen LogP contribution in [0.15, 0.2) is 146 Å². The van der Waals surface area contributed by atoms with E-state index >= 15 is 0 Å². The van der Waals surface area contributed by atoms with Gasteiger partial charge in [-0.2, -0.15) is 9.97 Å². The van der Waals surface area contributed by atoms with Crippen LogP contribution in [0.1, 0.15) is 25.0 Å². The van der Waals surface area contributed by atoms with Crippen molar-refractivity contribution in [2.24, 2.45) is 0 Å². The van der Waals surface area contributed by atoms with E-state index in [0.29, 0.717) is 17.6 Å². The van der Waals surface area contributed by atoms with Crippen molar-refractivity contribution in [3.8, 4) is 62.1 Å². The van der Waals surface area contributed by atoms with Gasteiger partial charge in [0, 0.05) is 27.3 Å². The van der Waals surface area contributed by atoms with Crippen LogP contribution in [0, 0.1) is 0 Å². The van der Waals surface area contributed by atoms with Crippen LogP contribution < -0.4 is 0 Å². The second-order valence-electron chi connectivity index (χ2n) is 14.0. The molecule has 0 atom stereocenters. The number of benzene rings is 7. The average molecular weight is 639 g/mol. The number of rotatable bonds is 3. The van der Waals surface area contributed by atoms with E-state index < -0.39 is 0 Å². The number of hydrogen-bond donors (Lipinski definition) is 0. The smallest absolute Gasteiger partial charge is 0.238 e. The maximum Gasteiger partial charge on any atom is 0.238 e. The van der Waals surface area contributed by atoms with Gasteiger partial charge < -0.3 is 0 Å². The van der Waals surface area contributed by atoms with E-state index in [1.807, 2.05) is 18.2 Å². The number of nitrogens with zero attached hydrogens (tertiary/aromatic N) is 4. The summed E-state index contributed by atoms with van der Waals surface area (Å²) in [6.45, 7) is 4.62. The van der Waals surface area contributed by atoms with Gasteiger partial charge in [0.2, 0.25) is 5.95 Å². The molecule has 50 heavy (non-hydrogen) atoms. The topological polar surface area (TPSA) is 43.6 Å². The zero-order valence-electron chi connectivity index (χ0n) is 27.6. The lowest BCUT2D eigenvalue weighted by Crippen LogP contribution is -2.15. The summed E-state index contributed by atoms with van der Waals surface area (Å²) in [4.78, 5) is 15.7. The molecular formula is C46H30N4. The van der Waals surface area contributed by atoms with E-state index in [-0.39, 0.29) is 5.41 Å². The Kier molecular flexibility index (Phi) is 5.42. The van der Waals surface area contributed by atoms with Crippen molar-refractivity contribution in [3.63, 3.8) is 0 Å². The first-order chi connectivity index (χ1) is 24.6. The van der Waals surface area contributed by atoms with Crippen molar-refractivity contribution < 1.29 is 0 Å². The highest BCUT2D eigenvalue weighted by molar-refractivity contribution is 6.30. The minimum atomic E-state index is -0.133. The molecule has 234 valence electrons. The lowest BCUT2D eigenvalue weighted by Gasteiger charge is -2.21. The predicted molar refractivity (Wildman–Crippen MR) is 205 cm³/mol. The van der Waals surface area contributed by atoms with Crippen molar-refractivity contribution in [1.29, 1.82) is 0 Å². The molecule has 0 spiro atoms. The molecule has 0 bridgehead atoms. The summed E-state index contributed by atoms with van der Waals surface area (Å²) in [5.74, 6) is 1.92. The summed E-state index contributed by atoms with van der Waals surface area (Å²) < 4.78 is 2.25. The van der Waals surface area contributed by atoms with E-state index in [9.17, 15) is 0 Å². The molecule has 7 aromatic carbocycles. The fraction of sp³-hybridized carbons (Fsp3) is 0.0652. The van der Waals surface area contributed by atoms with Crippen LogP contribution in [-0.4, -0.2) is 19.5 Å². The van der Waals surface area contributed by atoms with Gasteiger partial charge in [-0.05, 0) is 73.5 Å². The van der Waals surface area contributed by atoms with Crippen molar-refractivity contribution in [2.75, 3.05) is 0 Å². The highest BCUT2D eigenvalue weighted by Gasteiger charge is 2.35. The molecule has 4 heteroatoms. The van der Waals surface area contributed by atoms with Crippen LogP contribution in [0.2, 0.25) is 0 Å². The standard InChI is InChI=1S/C46H30N4/c1-46(2)36-20-9-8-17-32(36)33-24-22-29(26-37(33)46)44-47-43(28-12-4-3-5-13-28)48-45(49-44)50-38-21-11-19-35-31-16-7-6-15-30(31)34-18-10-14-27-23-25-39(50)42(40(27)34)41(35)38/h3-26H,1-2H3. The van der Waals surface area contributed by atoms with Gasteiger partial charge in [-0.1, -0.05) is 141 Å². The number of hydrogen-bond acceptors (Lipinski definition) is 3. The molecule has 0 amide bonds. The second kappa shape index (κ2) is 9.83. The first-order valence-corrected chi connectivity index (χ1v) is 17.2. The quantitative estimate of drug-likeness (QED) is 0.193. The van der Waals surface area contributed by atoms with Gasteiger partial charge in [0.05, 0.1) is 11.0 Å². The molecule has 0 saturated heterocycles. The molecule has 9 aromatic rings. The Bertz CT molecular complexity index is 2900. The summed E-state index contributed by atoms with van der Waals surface area (Å²) in [5, 5.41) is 4.96. The van der Waals surface area contributed by atoms with Crippen LogP contribution in [0.25, 0.3) is 94.7 Å². The van der Waals surface area contributed by atoms with Crippen LogP contribution in [0.3, 0.4) is 0 Å². The van der Waals surface area contributed by atoms with Gasteiger partial charge >= 0.3 is 0 Å². The lowest BCUT2D eigenvalue weighted by atomic mass is 9.82. The monoisotopic (exact) mass is 638 g/mol. The van der Waals surface area contributed by atoms with E-state index in [1.54, 1.807) is 0 Å². The summed E-state index contributed by atoms with van der Waals surface area (Å²) in [5.41, 5.74) is 14.2. The fourth-order valence-electron chi connectivity index (χ4n) is 8.70. The molecule has 4 nitrogen and oxygen atoms in total. The predicted octanol–water partition coefficient (Wildman–Crippen LogP) is 11.4. The maximum atomic E-state index is 5.33. The summed E-state index contributed by atoms with van der Waals surface area (Å²) in [6.07, 6.45) is 0. The van der Waals surface area contributed by atoms with Crippen LogP contribution >= 0.6 is 0 Å². The fourth-order valence-corrected chi connectivity index (χ4v) is 8.70. The Labute approximate surface area is 289 Å². The molecule has 0 unspecified atom stereocenters. The molecule has 0 saturated carbocycles. The van der Waals surface area contributed by atoms with Crippen LogP contribution in [-0.2, 0) is 5.41 Å². The van der Waals surface area contributed by atoms with E-state index in [0.717, 1.165) is 22.2 Å². The maximum absolute atomic E-state index is 5.33. The molecule has 0 fully saturated rings. The average Bonchev–Trinajstić information content (AvgIpc) is 3.58. The Balaban J connectivity index is 1.22.